The Balaban J connectivity index is 2.21. The molecule has 1 rings (SSSR count). The molecule has 1 fully saturated rings. The predicted molar refractivity (Wildman–Crippen MR) is 65.7 cm³/mol. The summed E-state index contributed by atoms with van der Waals surface area (Å²) in [5.74, 6) is -0.209. The predicted octanol–water partition coefficient (Wildman–Crippen LogP) is 2.28. The molecule has 0 bridgehead atoms. The molecular weight excluding hydrogens is 218 g/mol. The number of hydrogen-bond acceptors (Lipinski definition) is 2. The van der Waals surface area contributed by atoms with Gasteiger partial charge in [-0.25, -0.2) is 4.79 Å². The molecule has 0 heterocycles. The largest absolute Gasteiger partial charge is 0.480 e. The number of rotatable bonds is 6. The third-order valence-corrected chi connectivity index (χ3v) is 3.81. The highest BCUT2D eigenvalue weighted by molar-refractivity contribution is 5.83. The van der Waals surface area contributed by atoms with Crippen LogP contribution in [0, 0.1) is 5.92 Å². The van der Waals surface area contributed by atoms with Crippen LogP contribution in [0.25, 0.3) is 0 Å². The van der Waals surface area contributed by atoms with Gasteiger partial charge in [-0.2, -0.15) is 0 Å². The molecule has 1 saturated carbocycles. The van der Waals surface area contributed by atoms with Crippen molar-refractivity contribution in [2.45, 2.75) is 57.9 Å². The van der Waals surface area contributed by atoms with Crippen LogP contribution in [-0.4, -0.2) is 35.0 Å². The van der Waals surface area contributed by atoms with Crippen molar-refractivity contribution in [1.82, 2.24) is 4.90 Å². The van der Waals surface area contributed by atoms with Gasteiger partial charge in [0.2, 0.25) is 5.91 Å². The van der Waals surface area contributed by atoms with Crippen LogP contribution in [0.15, 0.2) is 0 Å². The number of carboxylic acids is 1. The highest BCUT2D eigenvalue weighted by atomic mass is 16.4. The van der Waals surface area contributed by atoms with E-state index in [9.17, 15) is 9.59 Å². The molecule has 4 nitrogen and oxygen atoms in total. The van der Waals surface area contributed by atoms with E-state index in [1.54, 1.807) is 7.05 Å². The first-order chi connectivity index (χ1) is 8.02. The highest BCUT2D eigenvalue weighted by Gasteiger charge is 2.21. The van der Waals surface area contributed by atoms with Crippen LogP contribution in [-0.2, 0) is 9.59 Å². The Kier molecular flexibility index (Phi) is 5.45. The summed E-state index contributed by atoms with van der Waals surface area (Å²) in [6, 6.07) is -0.728. The Labute approximate surface area is 103 Å². The minimum atomic E-state index is -0.948. The van der Waals surface area contributed by atoms with Crippen LogP contribution >= 0.6 is 0 Å². The fourth-order valence-electron chi connectivity index (χ4n) is 2.40. The van der Waals surface area contributed by atoms with Gasteiger partial charge in [0, 0.05) is 13.5 Å². The van der Waals surface area contributed by atoms with Crippen molar-refractivity contribution in [2.24, 2.45) is 5.92 Å². The lowest BCUT2D eigenvalue weighted by Gasteiger charge is -2.21. The smallest absolute Gasteiger partial charge is 0.326 e. The number of carbonyl (C=O) groups excluding carboxylic acids is 1. The third-order valence-electron chi connectivity index (χ3n) is 3.81. The summed E-state index contributed by atoms with van der Waals surface area (Å²) in [5, 5.41) is 8.81. The van der Waals surface area contributed by atoms with Crippen LogP contribution < -0.4 is 0 Å². The second kappa shape index (κ2) is 6.62. The van der Waals surface area contributed by atoms with Crippen molar-refractivity contribution < 1.29 is 14.7 Å². The van der Waals surface area contributed by atoms with Gasteiger partial charge in [0.1, 0.15) is 6.04 Å². The average molecular weight is 241 g/mol. The minimum Gasteiger partial charge on any atom is -0.480 e. The second-order valence-electron chi connectivity index (χ2n) is 5.06. The Morgan fingerprint density at radius 3 is 2.47 bits per heavy atom. The highest BCUT2D eigenvalue weighted by Crippen LogP contribution is 2.28. The van der Waals surface area contributed by atoms with Gasteiger partial charge in [0.15, 0.2) is 0 Å². The lowest BCUT2D eigenvalue weighted by atomic mass is 10.0. The molecule has 0 aliphatic heterocycles. The van der Waals surface area contributed by atoms with Gasteiger partial charge in [-0.15, -0.1) is 0 Å². The van der Waals surface area contributed by atoms with E-state index in [1.165, 1.54) is 37.5 Å². The van der Waals surface area contributed by atoms with Crippen molar-refractivity contribution in [3.63, 3.8) is 0 Å². The maximum absolute atomic E-state index is 11.7. The molecule has 0 radical (unpaired) electrons. The number of likely N-dealkylation sites (N-methyl/N-ethyl adjacent to an activating group) is 1. The zero-order valence-electron chi connectivity index (χ0n) is 10.8. The van der Waals surface area contributed by atoms with E-state index in [1.807, 2.05) is 0 Å². The summed E-state index contributed by atoms with van der Waals surface area (Å²) in [6.45, 7) is 1.54. The van der Waals surface area contributed by atoms with Gasteiger partial charge in [0.25, 0.3) is 0 Å². The van der Waals surface area contributed by atoms with Gasteiger partial charge in [-0.05, 0) is 25.7 Å². The number of aliphatic carboxylic acids is 1. The van der Waals surface area contributed by atoms with Gasteiger partial charge in [-0.3, -0.25) is 4.79 Å². The Hall–Kier alpha value is -1.06. The van der Waals surface area contributed by atoms with Crippen LogP contribution in [0.3, 0.4) is 0 Å². The number of nitrogens with zero attached hydrogens (tertiary/aromatic N) is 1. The molecule has 1 unspecified atom stereocenters. The number of amides is 1. The molecule has 1 N–H and O–H groups in total. The molecule has 4 heteroatoms. The first kappa shape index (κ1) is 14.0. The summed E-state index contributed by atoms with van der Waals surface area (Å²) in [6.07, 6.45) is 7.74. The van der Waals surface area contributed by atoms with Crippen molar-refractivity contribution in [1.29, 1.82) is 0 Å². The summed E-state index contributed by atoms with van der Waals surface area (Å²) < 4.78 is 0. The number of carboxylic acid groups (broad SMARTS) is 1. The van der Waals surface area contributed by atoms with E-state index in [0.717, 1.165) is 18.8 Å². The van der Waals surface area contributed by atoms with E-state index in [-0.39, 0.29) is 5.91 Å². The molecule has 17 heavy (non-hydrogen) atoms. The Morgan fingerprint density at radius 2 is 1.94 bits per heavy atom. The Morgan fingerprint density at radius 1 is 1.35 bits per heavy atom. The molecule has 0 aromatic carbocycles. The normalized spacial score (nSPS) is 18.0. The maximum atomic E-state index is 11.7. The third kappa shape index (κ3) is 4.36. The second-order valence-corrected chi connectivity index (χ2v) is 5.06. The standard InChI is InChI=1S/C13H23NO3/c1-10(13(16)17)14(2)12(15)9-5-8-11-6-3-4-7-11/h10-11H,3-9H2,1-2H3,(H,16,17). The summed E-state index contributed by atoms with van der Waals surface area (Å²) >= 11 is 0. The van der Waals surface area contributed by atoms with Crippen LogP contribution in [0.2, 0.25) is 0 Å². The molecule has 1 aliphatic carbocycles. The zero-order chi connectivity index (χ0) is 12.8. The van der Waals surface area contributed by atoms with E-state index in [0.29, 0.717) is 6.42 Å². The molecule has 1 aliphatic rings. The summed E-state index contributed by atoms with van der Waals surface area (Å²) in [7, 11) is 1.57. The molecule has 0 aromatic rings. The first-order valence-electron chi connectivity index (χ1n) is 6.51. The summed E-state index contributed by atoms with van der Waals surface area (Å²) in [4.78, 5) is 23.8. The fourth-order valence-corrected chi connectivity index (χ4v) is 2.40. The lowest BCUT2D eigenvalue weighted by Crippen LogP contribution is -2.40. The number of carbonyl (C=O) groups is 2. The number of hydrogen-bond donors (Lipinski definition) is 1. The zero-order valence-corrected chi connectivity index (χ0v) is 10.8. The van der Waals surface area contributed by atoms with E-state index < -0.39 is 12.0 Å². The Bertz CT molecular complexity index is 272. The quantitative estimate of drug-likeness (QED) is 0.776. The SMILES string of the molecule is CC(C(=O)O)N(C)C(=O)CCCC1CCCC1. The van der Waals surface area contributed by atoms with Crippen LogP contribution in [0.4, 0.5) is 0 Å². The fraction of sp³-hybridized carbons (Fsp3) is 0.846. The molecule has 0 saturated heterocycles. The van der Waals surface area contributed by atoms with Crippen molar-refractivity contribution in [3.05, 3.63) is 0 Å². The van der Waals surface area contributed by atoms with Gasteiger partial charge >= 0.3 is 5.97 Å². The summed E-state index contributed by atoms with van der Waals surface area (Å²) in [5.41, 5.74) is 0. The molecule has 1 atom stereocenters. The molecular formula is C13H23NO3. The van der Waals surface area contributed by atoms with Crippen LogP contribution in [0.1, 0.15) is 51.9 Å². The van der Waals surface area contributed by atoms with E-state index in [4.69, 9.17) is 5.11 Å². The van der Waals surface area contributed by atoms with Gasteiger partial charge < -0.3 is 10.0 Å². The van der Waals surface area contributed by atoms with Crippen molar-refractivity contribution in [3.8, 4) is 0 Å². The molecule has 1 amide bonds. The van der Waals surface area contributed by atoms with Gasteiger partial charge in [-0.1, -0.05) is 25.7 Å². The maximum Gasteiger partial charge on any atom is 0.326 e. The van der Waals surface area contributed by atoms with Crippen molar-refractivity contribution >= 4 is 11.9 Å². The monoisotopic (exact) mass is 241 g/mol. The molecule has 0 aromatic heterocycles. The molecule has 98 valence electrons. The minimum absolute atomic E-state index is 0.0575. The van der Waals surface area contributed by atoms with Gasteiger partial charge in [0.05, 0.1) is 0 Å². The lowest BCUT2D eigenvalue weighted by molar-refractivity contribution is -0.148. The average Bonchev–Trinajstić information content (AvgIpc) is 2.79. The topological polar surface area (TPSA) is 57.6 Å². The molecule has 0 spiro atoms. The van der Waals surface area contributed by atoms with Crippen molar-refractivity contribution in [2.75, 3.05) is 7.05 Å². The van der Waals surface area contributed by atoms with E-state index >= 15 is 0 Å². The van der Waals surface area contributed by atoms with Crippen LogP contribution in [0.5, 0.6) is 0 Å². The van der Waals surface area contributed by atoms with E-state index in [2.05, 4.69) is 0 Å². The first-order valence-corrected chi connectivity index (χ1v) is 6.51.